The van der Waals surface area contributed by atoms with Gasteiger partial charge in [0.1, 0.15) is 0 Å². The van der Waals surface area contributed by atoms with Crippen molar-refractivity contribution < 1.29 is 9.64 Å². The Balaban J connectivity index is 1.29. The molecule has 3 heterocycles. The summed E-state index contributed by atoms with van der Waals surface area (Å²) in [4.78, 5) is 1.58. The molecule has 166 valence electrons. The van der Waals surface area contributed by atoms with E-state index in [-0.39, 0.29) is 16.6 Å². The molecule has 7 rings (SSSR count). The zero-order valence-corrected chi connectivity index (χ0v) is 19.5. The van der Waals surface area contributed by atoms with Crippen LogP contribution in [0.1, 0.15) is 57.4 Å². The minimum Gasteiger partial charge on any atom is -0.359 e. The van der Waals surface area contributed by atoms with Crippen molar-refractivity contribution >= 4 is 16.5 Å². The number of H-pyrrole nitrogens is 1. The van der Waals surface area contributed by atoms with Gasteiger partial charge in [0, 0.05) is 29.6 Å². The molecule has 2 aromatic rings. The summed E-state index contributed by atoms with van der Waals surface area (Å²) in [5, 5.41) is 8.56. The minimum atomic E-state index is -0.101. The fourth-order valence-electron chi connectivity index (χ4n) is 8.03. The molecule has 5 aliphatic rings. The highest BCUT2D eigenvalue weighted by Crippen LogP contribution is 2.67. The van der Waals surface area contributed by atoms with Gasteiger partial charge < -0.3 is 9.64 Å². The molecule has 1 saturated heterocycles. The van der Waals surface area contributed by atoms with Crippen molar-refractivity contribution in [1.82, 2.24) is 10.2 Å². The molecule has 0 amide bonds. The van der Waals surface area contributed by atoms with Gasteiger partial charge in [0.25, 0.3) is 0 Å². The molecule has 5 atom stereocenters. The van der Waals surface area contributed by atoms with Crippen LogP contribution >= 0.6 is 0 Å². The number of aromatic nitrogens is 2. The molecule has 3 aliphatic carbocycles. The summed E-state index contributed by atoms with van der Waals surface area (Å²) in [6, 6.07) is 7.49. The smallest absolute Gasteiger partial charge is 0.0980 e. The van der Waals surface area contributed by atoms with Crippen LogP contribution in [-0.2, 0) is 4.74 Å². The highest BCUT2D eigenvalue weighted by atomic mass is 16.5. The van der Waals surface area contributed by atoms with Gasteiger partial charge in [0.15, 0.2) is 0 Å². The van der Waals surface area contributed by atoms with Crippen LogP contribution in [0, 0.1) is 11.3 Å². The van der Waals surface area contributed by atoms with Crippen molar-refractivity contribution in [1.29, 1.82) is 0 Å². The molecule has 4 heteroatoms. The van der Waals surface area contributed by atoms with Gasteiger partial charge in [-0.15, -0.1) is 0 Å². The van der Waals surface area contributed by atoms with Gasteiger partial charge in [-0.25, -0.2) is 0 Å². The molecule has 2 fully saturated rings. The van der Waals surface area contributed by atoms with E-state index in [9.17, 15) is 0 Å². The lowest BCUT2D eigenvalue weighted by molar-refractivity contribution is -0.887. The quantitative estimate of drug-likeness (QED) is 0.752. The number of nitrogens with zero attached hydrogens (tertiary/aromatic N) is 1. The molecular weight excluding hydrogens is 394 g/mol. The minimum absolute atomic E-state index is 0.00659. The van der Waals surface area contributed by atoms with Crippen LogP contribution in [0.3, 0.4) is 0 Å². The van der Waals surface area contributed by atoms with Crippen molar-refractivity contribution in [2.45, 2.75) is 69.1 Å². The topological polar surface area (TPSA) is 42.4 Å². The Morgan fingerprint density at radius 1 is 1.19 bits per heavy atom. The van der Waals surface area contributed by atoms with Crippen molar-refractivity contribution in [3.8, 4) is 0 Å². The first-order valence-electron chi connectivity index (χ1n) is 12.5. The zero-order chi connectivity index (χ0) is 21.7. The van der Waals surface area contributed by atoms with Gasteiger partial charge in [-0.1, -0.05) is 37.3 Å². The van der Waals surface area contributed by atoms with Gasteiger partial charge in [-0.05, 0) is 60.5 Å². The summed E-state index contributed by atoms with van der Waals surface area (Å²) in [7, 11) is 4.63. The first-order valence-corrected chi connectivity index (χ1v) is 12.5. The van der Waals surface area contributed by atoms with Crippen LogP contribution in [0.4, 0.5) is 0 Å². The van der Waals surface area contributed by atoms with Gasteiger partial charge in [-0.3, -0.25) is 5.10 Å². The fraction of sp³-hybridized carbons (Fsp3) is 0.536. The number of quaternary nitrogens is 1. The number of benzene rings is 1. The van der Waals surface area contributed by atoms with Crippen molar-refractivity contribution in [2.75, 3.05) is 14.1 Å². The predicted octanol–water partition coefficient (Wildman–Crippen LogP) is 4.23. The lowest BCUT2D eigenvalue weighted by atomic mass is 9.58. The van der Waals surface area contributed by atoms with E-state index in [1.807, 2.05) is 6.20 Å². The first-order chi connectivity index (χ1) is 15.4. The second-order valence-corrected chi connectivity index (χ2v) is 11.5. The standard InChI is InChI=1S/C28H33N3O/c1-26-11-10-21-15-20-6-7-22(31(2)3)16-27(20)12-13-28(21,32-27)25(26)9-8-23(26)18-4-5-19-17-29-30-24(19)14-18/h4-5,8,10,14-15,17,22,25H,6-7,9,11-13,16H2,1-3H3,(H,29,30)/p+1/t22?,25-,26?,27-,28-/m1/s1. The third kappa shape index (κ3) is 2.32. The number of aromatic amines is 1. The Hall–Kier alpha value is -2.17. The highest BCUT2D eigenvalue weighted by Gasteiger charge is 2.65. The van der Waals surface area contributed by atoms with E-state index < -0.39 is 0 Å². The predicted molar refractivity (Wildman–Crippen MR) is 127 cm³/mol. The van der Waals surface area contributed by atoms with Gasteiger partial charge in [-0.2, -0.15) is 5.10 Å². The van der Waals surface area contributed by atoms with Crippen LogP contribution in [-0.4, -0.2) is 41.5 Å². The average Bonchev–Trinajstić information content (AvgIpc) is 3.47. The maximum absolute atomic E-state index is 7.38. The van der Waals surface area contributed by atoms with Crippen LogP contribution in [0.5, 0.6) is 0 Å². The Kier molecular flexibility index (Phi) is 3.76. The van der Waals surface area contributed by atoms with E-state index >= 15 is 0 Å². The summed E-state index contributed by atoms with van der Waals surface area (Å²) in [5.41, 5.74) is 7.07. The van der Waals surface area contributed by atoms with E-state index in [0.29, 0.717) is 12.0 Å². The second kappa shape index (κ2) is 6.24. The molecule has 2 bridgehead atoms. The number of nitrogens with one attached hydrogen (secondary N) is 2. The molecule has 2 unspecified atom stereocenters. The van der Waals surface area contributed by atoms with Crippen molar-refractivity contribution in [2.24, 2.45) is 11.3 Å². The van der Waals surface area contributed by atoms with Crippen LogP contribution in [0.15, 0.2) is 53.8 Å². The maximum Gasteiger partial charge on any atom is 0.0980 e. The second-order valence-electron chi connectivity index (χ2n) is 11.5. The first kappa shape index (κ1) is 19.3. The average molecular weight is 429 g/mol. The van der Waals surface area contributed by atoms with Crippen LogP contribution in [0.25, 0.3) is 16.5 Å². The number of hydrogen-bond donors (Lipinski definition) is 2. The zero-order valence-electron chi connectivity index (χ0n) is 19.5. The summed E-state index contributed by atoms with van der Waals surface area (Å²) in [5.74, 6) is 0.520. The molecule has 32 heavy (non-hydrogen) atoms. The Bertz CT molecular complexity index is 1220. The largest absolute Gasteiger partial charge is 0.359 e. The van der Waals surface area contributed by atoms with E-state index in [2.05, 4.69) is 67.6 Å². The molecule has 2 spiro atoms. The molecule has 1 aromatic heterocycles. The number of fused-ring (bicyclic) bond motifs is 2. The van der Waals surface area contributed by atoms with Crippen LogP contribution in [0.2, 0.25) is 0 Å². The highest BCUT2D eigenvalue weighted by molar-refractivity contribution is 5.84. The maximum atomic E-state index is 7.38. The molecule has 4 nitrogen and oxygen atoms in total. The van der Waals surface area contributed by atoms with E-state index in [1.54, 1.807) is 10.5 Å². The Morgan fingerprint density at radius 3 is 2.97 bits per heavy atom. The van der Waals surface area contributed by atoms with E-state index in [4.69, 9.17) is 4.74 Å². The van der Waals surface area contributed by atoms with Crippen LogP contribution < -0.4 is 4.90 Å². The number of hydrogen-bond acceptors (Lipinski definition) is 2. The molecule has 2 N–H and O–H groups in total. The summed E-state index contributed by atoms with van der Waals surface area (Å²) in [6.45, 7) is 2.50. The summed E-state index contributed by atoms with van der Waals surface area (Å²) < 4.78 is 7.38. The lowest BCUT2D eigenvalue weighted by Crippen LogP contribution is -3.10. The molecule has 2 aliphatic heterocycles. The van der Waals surface area contributed by atoms with Crippen molar-refractivity contribution in [3.05, 3.63) is 59.3 Å². The Morgan fingerprint density at radius 2 is 2.09 bits per heavy atom. The molecular formula is C28H34N3O+. The van der Waals surface area contributed by atoms with Gasteiger partial charge in [0.2, 0.25) is 0 Å². The summed E-state index contributed by atoms with van der Waals surface area (Å²) >= 11 is 0. The van der Waals surface area contributed by atoms with Crippen molar-refractivity contribution in [3.63, 3.8) is 0 Å². The monoisotopic (exact) mass is 428 g/mol. The number of allylic oxidation sites excluding steroid dienone is 3. The normalized spacial score (nSPS) is 39.9. The lowest BCUT2D eigenvalue weighted by Gasteiger charge is -2.54. The Labute approximate surface area is 190 Å². The van der Waals surface area contributed by atoms with Gasteiger partial charge in [0.05, 0.1) is 43.1 Å². The number of rotatable bonds is 2. The molecule has 1 aromatic carbocycles. The third-order valence-corrected chi connectivity index (χ3v) is 9.84. The molecule has 0 radical (unpaired) electrons. The fourth-order valence-corrected chi connectivity index (χ4v) is 8.03. The van der Waals surface area contributed by atoms with E-state index in [0.717, 1.165) is 18.4 Å². The number of ether oxygens (including phenoxy) is 1. The SMILES string of the molecule is C[NH+](C)C1CCC2=CC3=CCC4(C)C(c5ccc6cn[nH]c6c5)=CC[C@H]4[C@@]34CC[C@]2(C1)O4. The van der Waals surface area contributed by atoms with E-state index in [1.165, 1.54) is 54.2 Å². The third-order valence-electron chi connectivity index (χ3n) is 9.84. The van der Waals surface area contributed by atoms with Gasteiger partial charge >= 0.3 is 0 Å². The molecule has 1 saturated carbocycles. The summed E-state index contributed by atoms with van der Waals surface area (Å²) in [6.07, 6.45) is 17.8.